The summed E-state index contributed by atoms with van der Waals surface area (Å²) >= 11 is 3.38. The summed E-state index contributed by atoms with van der Waals surface area (Å²) in [5.41, 5.74) is 0.688. The van der Waals surface area contributed by atoms with Gasteiger partial charge in [-0.2, -0.15) is 0 Å². The van der Waals surface area contributed by atoms with Crippen molar-refractivity contribution in [1.82, 2.24) is 4.57 Å². The SMILES string of the molecule is COC(=O)c1cc(Br)cc2c1ccn2CC(=O)OC(C)(C)C. The molecule has 0 N–H and O–H groups in total. The van der Waals surface area contributed by atoms with Gasteiger partial charge in [-0.3, -0.25) is 4.79 Å². The lowest BCUT2D eigenvalue weighted by atomic mass is 10.1. The lowest BCUT2D eigenvalue weighted by Gasteiger charge is -2.19. The summed E-state index contributed by atoms with van der Waals surface area (Å²) in [6.07, 6.45) is 1.76. The Labute approximate surface area is 137 Å². The van der Waals surface area contributed by atoms with Crippen molar-refractivity contribution in [3.63, 3.8) is 0 Å². The third kappa shape index (κ3) is 3.68. The first kappa shape index (κ1) is 16.5. The van der Waals surface area contributed by atoms with Gasteiger partial charge >= 0.3 is 11.9 Å². The number of hydrogen-bond acceptors (Lipinski definition) is 4. The van der Waals surface area contributed by atoms with Gasteiger partial charge in [-0.15, -0.1) is 0 Å². The van der Waals surface area contributed by atoms with E-state index in [4.69, 9.17) is 9.47 Å². The highest BCUT2D eigenvalue weighted by Crippen LogP contribution is 2.26. The minimum atomic E-state index is -0.530. The van der Waals surface area contributed by atoms with Crippen LogP contribution in [0.25, 0.3) is 10.9 Å². The summed E-state index contributed by atoms with van der Waals surface area (Å²) in [5.74, 6) is -0.745. The molecule has 0 saturated carbocycles. The van der Waals surface area contributed by atoms with E-state index in [9.17, 15) is 9.59 Å². The highest BCUT2D eigenvalue weighted by atomic mass is 79.9. The molecule has 0 saturated heterocycles. The van der Waals surface area contributed by atoms with Gasteiger partial charge in [0, 0.05) is 16.1 Å². The van der Waals surface area contributed by atoms with E-state index in [2.05, 4.69) is 15.9 Å². The smallest absolute Gasteiger partial charge is 0.338 e. The first-order valence-electron chi connectivity index (χ1n) is 6.80. The second kappa shape index (κ2) is 6.12. The number of fused-ring (bicyclic) bond motifs is 1. The summed E-state index contributed by atoms with van der Waals surface area (Å²) < 4.78 is 12.6. The molecular weight excluding hydrogens is 350 g/mol. The van der Waals surface area contributed by atoms with Crippen molar-refractivity contribution in [2.75, 3.05) is 7.11 Å². The summed E-state index contributed by atoms with van der Waals surface area (Å²) in [7, 11) is 1.34. The van der Waals surface area contributed by atoms with Crippen molar-refractivity contribution < 1.29 is 19.1 Å². The van der Waals surface area contributed by atoms with Gasteiger partial charge in [0.2, 0.25) is 0 Å². The zero-order chi connectivity index (χ0) is 16.5. The van der Waals surface area contributed by atoms with E-state index in [-0.39, 0.29) is 12.5 Å². The van der Waals surface area contributed by atoms with Crippen LogP contribution in [0, 0.1) is 0 Å². The van der Waals surface area contributed by atoms with Gasteiger partial charge in [-0.25, -0.2) is 4.79 Å². The molecule has 5 nitrogen and oxygen atoms in total. The monoisotopic (exact) mass is 367 g/mol. The molecule has 2 aromatic rings. The predicted molar refractivity (Wildman–Crippen MR) is 86.8 cm³/mol. The summed E-state index contributed by atoms with van der Waals surface area (Å²) in [6, 6.07) is 5.34. The van der Waals surface area contributed by atoms with Crippen molar-refractivity contribution in [2.45, 2.75) is 32.9 Å². The van der Waals surface area contributed by atoms with Crippen molar-refractivity contribution in [1.29, 1.82) is 0 Å². The Hall–Kier alpha value is -1.82. The maximum absolute atomic E-state index is 12.0. The molecule has 1 aromatic carbocycles. The number of nitrogens with zero attached hydrogens (tertiary/aromatic N) is 1. The van der Waals surface area contributed by atoms with Crippen molar-refractivity contribution in [2.24, 2.45) is 0 Å². The molecule has 6 heteroatoms. The minimum absolute atomic E-state index is 0.0812. The molecule has 118 valence electrons. The number of hydrogen-bond donors (Lipinski definition) is 0. The van der Waals surface area contributed by atoms with Crippen LogP contribution < -0.4 is 0 Å². The van der Waals surface area contributed by atoms with Crippen LogP contribution in [0.1, 0.15) is 31.1 Å². The fraction of sp³-hybridized carbons (Fsp3) is 0.375. The Bertz CT molecular complexity index is 728. The Kier molecular flexibility index (Phi) is 4.60. The Morgan fingerprint density at radius 1 is 1.27 bits per heavy atom. The normalized spacial score (nSPS) is 11.5. The van der Waals surface area contributed by atoms with Crippen LogP contribution in [0.4, 0.5) is 0 Å². The van der Waals surface area contributed by atoms with Crippen molar-refractivity contribution in [3.05, 3.63) is 34.4 Å². The zero-order valence-electron chi connectivity index (χ0n) is 13.0. The van der Waals surface area contributed by atoms with Crippen LogP contribution in [0.3, 0.4) is 0 Å². The van der Waals surface area contributed by atoms with E-state index in [1.165, 1.54) is 7.11 Å². The fourth-order valence-electron chi connectivity index (χ4n) is 2.19. The van der Waals surface area contributed by atoms with E-state index >= 15 is 0 Å². The molecule has 0 radical (unpaired) electrons. The Morgan fingerprint density at radius 3 is 2.55 bits per heavy atom. The van der Waals surface area contributed by atoms with Crippen molar-refractivity contribution in [3.8, 4) is 0 Å². The summed E-state index contributed by atoms with van der Waals surface area (Å²) in [4.78, 5) is 23.8. The van der Waals surface area contributed by atoms with Gasteiger partial charge in [0.05, 0.1) is 18.2 Å². The largest absolute Gasteiger partial charge is 0.465 e. The average molecular weight is 368 g/mol. The molecule has 0 aliphatic carbocycles. The molecule has 0 spiro atoms. The lowest BCUT2D eigenvalue weighted by Crippen LogP contribution is -2.26. The number of carbonyl (C=O) groups excluding carboxylic acids is 2. The third-order valence-corrected chi connectivity index (χ3v) is 3.44. The molecular formula is C16H18BrNO4. The molecule has 22 heavy (non-hydrogen) atoms. The third-order valence-electron chi connectivity index (χ3n) is 2.98. The zero-order valence-corrected chi connectivity index (χ0v) is 14.6. The topological polar surface area (TPSA) is 57.5 Å². The lowest BCUT2D eigenvalue weighted by molar-refractivity contribution is -0.155. The van der Waals surface area contributed by atoms with Crippen molar-refractivity contribution >= 4 is 38.8 Å². The number of rotatable bonds is 3. The van der Waals surface area contributed by atoms with Crippen LogP contribution in [0.15, 0.2) is 28.9 Å². The van der Waals surface area contributed by atoms with Crippen LogP contribution >= 0.6 is 15.9 Å². The van der Waals surface area contributed by atoms with E-state index < -0.39 is 11.6 Å². The number of methoxy groups -OCH3 is 1. The van der Waals surface area contributed by atoms with Crippen LogP contribution in [0.5, 0.6) is 0 Å². The quantitative estimate of drug-likeness (QED) is 0.778. The molecule has 0 bridgehead atoms. The molecule has 0 amide bonds. The Morgan fingerprint density at radius 2 is 1.95 bits per heavy atom. The molecule has 0 aliphatic rings. The number of ether oxygens (including phenoxy) is 2. The van der Waals surface area contributed by atoms with Gasteiger partial charge in [0.25, 0.3) is 0 Å². The molecule has 2 rings (SSSR count). The van der Waals surface area contributed by atoms with Crippen LogP contribution in [-0.2, 0) is 20.8 Å². The second-order valence-electron chi connectivity index (χ2n) is 5.91. The Balaban J connectivity index is 2.39. The summed E-state index contributed by atoms with van der Waals surface area (Å²) in [6.45, 7) is 5.55. The first-order valence-corrected chi connectivity index (χ1v) is 7.59. The minimum Gasteiger partial charge on any atom is -0.465 e. The van der Waals surface area contributed by atoms with E-state index in [0.29, 0.717) is 5.56 Å². The molecule has 0 fully saturated rings. The van der Waals surface area contributed by atoms with E-state index in [0.717, 1.165) is 15.4 Å². The number of carbonyl (C=O) groups is 2. The van der Waals surface area contributed by atoms with Gasteiger partial charge in [0.1, 0.15) is 12.1 Å². The standard InChI is InChI=1S/C16H18BrNO4/c1-16(2,3)22-14(19)9-18-6-5-11-12(15(20)21-4)7-10(17)8-13(11)18/h5-8H,9H2,1-4H3. The molecule has 1 aromatic heterocycles. The van der Waals surface area contributed by atoms with Crippen LogP contribution in [0.2, 0.25) is 0 Å². The first-order chi connectivity index (χ1) is 10.2. The maximum atomic E-state index is 12.0. The predicted octanol–water partition coefficient (Wildman–Crippen LogP) is 3.53. The summed E-state index contributed by atoms with van der Waals surface area (Å²) in [5, 5.41) is 0.735. The maximum Gasteiger partial charge on any atom is 0.338 e. The van der Waals surface area contributed by atoms with E-state index in [1.54, 1.807) is 22.9 Å². The highest BCUT2D eigenvalue weighted by molar-refractivity contribution is 9.10. The van der Waals surface area contributed by atoms with Gasteiger partial charge in [-0.1, -0.05) is 15.9 Å². The number of esters is 2. The molecule has 0 aliphatic heterocycles. The average Bonchev–Trinajstić information content (AvgIpc) is 2.77. The van der Waals surface area contributed by atoms with Gasteiger partial charge in [0.15, 0.2) is 0 Å². The number of aromatic nitrogens is 1. The number of halogens is 1. The van der Waals surface area contributed by atoms with Crippen LogP contribution in [-0.4, -0.2) is 29.2 Å². The highest BCUT2D eigenvalue weighted by Gasteiger charge is 2.19. The molecule has 1 heterocycles. The second-order valence-corrected chi connectivity index (χ2v) is 6.82. The fourth-order valence-corrected chi connectivity index (χ4v) is 2.64. The molecule has 0 atom stereocenters. The van der Waals surface area contributed by atoms with Gasteiger partial charge in [-0.05, 0) is 39.0 Å². The van der Waals surface area contributed by atoms with Gasteiger partial charge < -0.3 is 14.0 Å². The van der Waals surface area contributed by atoms with E-state index in [1.807, 2.05) is 26.8 Å². The number of benzene rings is 1. The molecule has 0 unspecified atom stereocenters.